The SMILES string of the molecule is Cc1cccc(-c2ccc(OC3CNC3)c(OC(F)(F)F)c2)c1. The third kappa shape index (κ3) is 3.96. The first-order chi connectivity index (χ1) is 10.9. The van der Waals surface area contributed by atoms with Gasteiger partial charge in [0.15, 0.2) is 11.5 Å². The van der Waals surface area contributed by atoms with E-state index in [4.69, 9.17) is 4.74 Å². The Hall–Kier alpha value is -2.21. The minimum atomic E-state index is -4.76. The maximum atomic E-state index is 12.7. The summed E-state index contributed by atoms with van der Waals surface area (Å²) in [4.78, 5) is 0. The molecule has 0 bridgehead atoms. The molecule has 0 amide bonds. The normalized spacial score (nSPS) is 15.1. The van der Waals surface area contributed by atoms with Crippen LogP contribution in [0.4, 0.5) is 13.2 Å². The molecule has 0 aliphatic carbocycles. The van der Waals surface area contributed by atoms with Crippen LogP contribution in [0.2, 0.25) is 0 Å². The van der Waals surface area contributed by atoms with E-state index >= 15 is 0 Å². The minimum Gasteiger partial charge on any atom is -0.484 e. The first-order valence-corrected chi connectivity index (χ1v) is 7.25. The molecule has 0 radical (unpaired) electrons. The Kier molecular flexibility index (Phi) is 4.17. The molecule has 0 atom stereocenters. The van der Waals surface area contributed by atoms with E-state index in [1.165, 1.54) is 12.1 Å². The molecule has 2 aromatic rings. The summed E-state index contributed by atoms with van der Waals surface area (Å²) in [5, 5.41) is 3.00. The van der Waals surface area contributed by atoms with E-state index in [2.05, 4.69) is 10.1 Å². The molecule has 1 N–H and O–H groups in total. The van der Waals surface area contributed by atoms with Gasteiger partial charge in [0.2, 0.25) is 0 Å². The van der Waals surface area contributed by atoms with Gasteiger partial charge in [-0.15, -0.1) is 13.2 Å². The maximum absolute atomic E-state index is 12.7. The molecule has 1 saturated heterocycles. The third-order valence-corrected chi connectivity index (χ3v) is 3.56. The van der Waals surface area contributed by atoms with Crippen LogP contribution >= 0.6 is 0 Å². The number of halogens is 3. The molecular formula is C17H16F3NO2. The molecule has 1 fully saturated rings. The maximum Gasteiger partial charge on any atom is 0.573 e. The highest BCUT2D eigenvalue weighted by Gasteiger charge is 2.33. The van der Waals surface area contributed by atoms with Gasteiger partial charge < -0.3 is 14.8 Å². The first kappa shape index (κ1) is 15.7. The lowest BCUT2D eigenvalue weighted by Gasteiger charge is -2.28. The average Bonchev–Trinajstić information content (AvgIpc) is 2.42. The highest BCUT2D eigenvalue weighted by Crippen LogP contribution is 2.37. The van der Waals surface area contributed by atoms with Crippen molar-refractivity contribution in [2.45, 2.75) is 19.4 Å². The van der Waals surface area contributed by atoms with Crippen LogP contribution in [0.5, 0.6) is 11.5 Å². The lowest BCUT2D eigenvalue weighted by Crippen LogP contribution is -2.50. The molecule has 6 heteroatoms. The van der Waals surface area contributed by atoms with Gasteiger partial charge in [0.1, 0.15) is 6.10 Å². The summed E-state index contributed by atoms with van der Waals surface area (Å²) in [5.74, 6) is -0.214. The smallest absolute Gasteiger partial charge is 0.484 e. The lowest BCUT2D eigenvalue weighted by atomic mass is 10.0. The fourth-order valence-electron chi connectivity index (χ4n) is 2.34. The van der Waals surface area contributed by atoms with Crippen molar-refractivity contribution in [3.05, 3.63) is 48.0 Å². The third-order valence-electron chi connectivity index (χ3n) is 3.56. The second-order valence-corrected chi connectivity index (χ2v) is 5.48. The van der Waals surface area contributed by atoms with Gasteiger partial charge in [-0.05, 0) is 30.2 Å². The molecule has 1 aliphatic heterocycles. The topological polar surface area (TPSA) is 30.5 Å². The Morgan fingerprint density at radius 1 is 1.00 bits per heavy atom. The number of aryl methyl sites for hydroxylation is 1. The lowest BCUT2D eigenvalue weighted by molar-refractivity contribution is -0.275. The summed E-state index contributed by atoms with van der Waals surface area (Å²) in [6, 6.07) is 12.2. The zero-order valence-corrected chi connectivity index (χ0v) is 12.5. The van der Waals surface area contributed by atoms with Crippen molar-refractivity contribution in [3.8, 4) is 22.6 Å². The fourth-order valence-corrected chi connectivity index (χ4v) is 2.34. The molecule has 0 spiro atoms. The predicted molar refractivity (Wildman–Crippen MR) is 80.6 cm³/mol. The van der Waals surface area contributed by atoms with E-state index in [1.807, 2.05) is 31.2 Å². The standard InChI is InChI=1S/C17H16F3NO2/c1-11-3-2-4-12(7-11)13-5-6-15(22-14-9-21-10-14)16(8-13)23-17(18,19)20/h2-8,14,21H,9-10H2,1H3. The Balaban J connectivity index is 1.94. The van der Waals surface area contributed by atoms with Crippen LogP contribution in [-0.4, -0.2) is 25.6 Å². The highest BCUT2D eigenvalue weighted by atomic mass is 19.4. The van der Waals surface area contributed by atoms with Gasteiger partial charge in [0.05, 0.1) is 0 Å². The molecule has 23 heavy (non-hydrogen) atoms. The first-order valence-electron chi connectivity index (χ1n) is 7.25. The van der Waals surface area contributed by atoms with Crippen LogP contribution in [0.15, 0.2) is 42.5 Å². The van der Waals surface area contributed by atoms with Gasteiger partial charge in [0, 0.05) is 13.1 Å². The Labute approximate surface area is 132 Å². The van der Waals surface area contributed by atoms with Gasteiger partial charge in [0.25, 0.3) is 0 Å². The molecule has 0 unspecified atom stereocenters. The number of benzene rings is 2. The number of alkyl halides is 3. The van der Waals surface area contributed by atoms with Gasteiger partial charge in [-0.1, -0.05) is 35.9 Å². The molecule has 1 aliphatic rings. The minimum absolute atomic E-state index is 0.102. The number of nitrogens with one attached hydrogen (secondary N) is 1. The molecule has 3 nitrogen and oxygen atoms in total. The van der Waals surface area contributed by atoms with Crippen molar-refractivity contribution >= 4 is 0 Å². The zero-order chi connectivity index (χ0) is 16.4. The quantitative estimate of drug-likeness (QED) is 0.925. The molecule has 3 rings (SSSR count). The number of ether oxygens (including phenoxy) is 2. The molecule has 0 saturated carbocycles. The van der Waals surface area contributed by atoms with Crippen LogP contribution in [0.3, 0.4) is 0 Å². The van der Waals surface area contributed by atoms with Crippen LogP contribution in [0, 0.1) is 6.92 Å². The van der Waals surface area contributed by atoms with Crippen LogP contribution in [0.1, 0.15) is 5.56 Å². The van der Waals surface area contributed by atoms with Gasteiger partial charge in [-0.2, -0.15) is 0 Å². The molecule has 2 aromatic carbocycles. The summed E-state index contributed by atoms with van der Waals surface area (Å²) in [6.07, 6.45) is -4.89. The van der Waals surface area contributed by atoms with Crippen LogP contribution < -0.4 is 14.8 Å². The Morgan fingerprint density at radius 3 is 2.35 bits per heavy atom. The predicted octanol–water partition coefficient (Wildman–Crippen LogP) is 3.91. The average molecular weight is 323 g/mol. The van der Waals surface area contributed by atoms with Crippen LogP contribution in [-0.2, 0) is 0 Å². The zero-order valence-electron chi connectivity index (χ0n) is 12.5. The summed E-state index contributed by atoms with van der Waals surface area (Å²) in [5.41, 5.74) is 2.50. The fraction of sp³-hybridized carbons (Fsp3) is 0.294. The molecule has 1 heterocycles. The van der Waals surface area contributed by atoms with E-state index in [0.29, 0.717) is 18.7 Å². The number of hydrogen-bond acceptors (Lipinski definition) is 3. The van der Waals surface area contributed by atoms with E-state index in [9.17, 15) is 13.2 Å². The van der Waals surface area contributed by atoms with Gasteiger partial charge in [-0.25, -0.2) is 0 Å². The van der Waals surface area contributed by atoms with Crippen molar-refractivity contribution in [3.63, 3.8) is 0 Å². The Morgan fingerprint density at radius 2 is 1.74 bits per heavy atom. The van der Waals surface area contributed by atoms with Crippen LogP contribution in [0.25, 0.3) is 11.1 Å². The van der Waals surface area contributed by atoms with E-state index in [-0.39, 0.29) is 17.6 Å². The Bertz CT molecular complexity index is 696. The van der Waals surface area contributed by atoms with Crippen molar-refractivity contribution in [2.24, 2.45) is 0 Å². The van der Waals surface area contributed by atoms with E-state index in [1.54, 1.807) is 6.07 Å². The van der Waals surface area contributed by atoms with Crippen molar-refractivity contribution in [1.82, 2.24) is 5.32 Å². The number of hydrogen-bond donors (Lipinski definition) is 1. The highest BCUT2D eigenvalue weighted by molar-refractivity contribution is 5.67. The van der Waals surface area contributed by atoms with E-state index < -0.39 is 6.36 Å². The van der Waals surface area contributed by atoms with Crippen molar-refractivity contribution in [2.75, 3.05) is 13.1 Å². The number of rotatable bonds is 4. The molecule has 0 aromatic heterocycles. The van der Waals surface area contributed by atoms with Gasteiger partial charge in [-0.3, -0.25) is 0 Å². The van der Waals surface area contributed by atoms with Gasteiger partial charge >= 0.3 is 6.36 Å². The second-order valence-electron chi connectivity index (χ2n) is 5.48. The van der Waals surface area contributed by atoms with Crippen molar-refractivity contribution < 1.29 is 22.6 Å². The van der Waals surface area contributed by atoms with Crippen molar-refractivity contribution in [1.29, 1.82) is 0 Å². The molecular weight excluding hydrogens is 307 g/mol. The molecule has 122 valence electrons. The summed E-state index contributed by atoms with van der Waals surface area (Å²) < 4.78 is 47.7. The van der Waals surface area contributed by atoms with E-state index in [0.717, 1.165) is 11.1 Å². The largest absolute Gasteiger partial charge is 0.573 e. The summed E-state index contributed by atoms with van der Waals surface area (Å²) in [6.45, 7) is 3.16. The second kappa shape index (κ2) is 6.12. The summed E-state index contributed by atoms with van der Waals surface area (Å²) in [7, 11) is 0. The monoisotopic (exact) mass is 323 g/mol. The summed E-state index contributed by atoms with van der Waals surface area (Å²) >= 11 is 0.